The molecule has 1 N–H and O–H groups in total. The Labute approximate surface area is 136 Å². The molecule has 0 spiro atoms. The first-order valence-electron chi connectivity index (χ1n) is 7.06. The SMILES string of the molecule is CS(=O)(=O)N1CCC(Nc2ccc(C(F)(F)F)cc2[N+](=O)[O-])CC1. The quantitative estimate of drug-likeness (QED) is 0.652. The van der Waals surface area contributed by atoms with Crippen molar-refractivity contribution in [2.75, 3.05) is 24.7 Å². The van der Waals surface area contributed by atoms with E-state index in [1.807, 2.05) is 0 Å². The molecule has 7 nitrogen and oxygen atoms in total. The number of halogens is 3. The first-order chi connectivity index (χ1) is 11.0. The lowest BCUT2D eigenvalue weighted by molar-refractivity contribution is -0.384. The third-order valence-electron chi connectivity index (χ3n) is 3.80. The first-order valence-corrected chi connectivity index (χ1v) is 8.90. The minimum Gasteiger partial charge on any atom is -0.377 e. The first kappa shape index (κ1) is 18.5. The van der Waals surface area contributed by atoms with Gasteiger partial charge in [0.05, 0.1) is 16.7 Å². The lowest BCUT2D eigenvalue weighted by atomic mass is 10.1. The van der Waals surface area contributed by atoms with Crippen molar-refractivity contribution in [1.82, 2.24) is 4.31 Å². The summed E-state index contributed by atoms with van der Waals surface area (Å²) in [4.78, 5) is 10.2. The van der Waals surface area contributed by atoms with Gasteiger partial charge in [0, 0.05) is 25.2 Å². The summed E-state index contributed by atoms with van der Waals surface area (Å²) in [5, 5.41) is 13.9. The van der Waals surface area contributed by atoms with Gasteiger partial charge in [-0.2, -0.15) is 13.2 Å². The van der Waals surface area contributed by atoms with Gasteiger partial charge in [-0.1, -0.05) is 0 Å². The third-order valence-corrected chi connectivity index (χ3v) is 5.11. The van der Waals surface area contributed by atoms with Crippen molar-refractivity contribution < 1.29 is 26.5 Å². The summed E-state index contributed by atoms with van der Waals surface area (Å²) < 4.78 is 62.2. The van der Waals surface area contributed by atoms with Gasteiger partial charge in [-0.3, -0.25) is 10.1 Å². The number of nitro groups is 1. The molecule has 1 aromatic rings. The van der Waals surface area contributed by atoms with Crippen LogP contribution in [0.5, 0.6) is 0 Å². The molecule has 1 heterocycles. The van der Waals surface area contributed by atoms with Crippen molar-refractivity contribution in [2.24, 2.45) is 0 Å². The summed E-state index contributed by atoms with van der Waals surface area (Å²) in [7, 11) is -3.29. The lowest BCUT2D eigenvalue weighted by Crippen LogP contribution is -2.41. The maximum atomic E-state index is 12.7. The zero-order valence-corrected chi connectivity index (χ0v) is 13.5. The molecule has 1 aliphatic rings. The third kappa shape index (κ3) is 4.35. The molecule has 0 saturated carbocycles. The summed E-state index contributed by atoms with van der Waals surface area (Å²) >= 11 is 0. The number of piperidine rings is 1. The van der Waals surface area contributed by atoms with E-state index in [0.717, 1.165) is 18.4 Å². The van der Waals surface area contributed by atoms with Crippen LogP contribution in [0.1, 0.15) is 18.4 Å². The number of nitro benzene ring substituents is 1. The summed E-state index contributed by atoms with van der Waals surface area (Å²) in [6.07, 6.45) is -2.75. The smallest absolute Gasteiger partial charge is 0.377 e. The molecule has 2 rings (SSSR count). The number of benzene rings is 1. The second kappa shape index (κ2) is 6.55. The number of sulfonamides is 1. The fourth-order valence-electron chi connectivity index (χ4n) is 2.53. The molecule has 1 saturated heterocycles. The molecule has 0 radical (unpaired) electrons. The molecular weight excluding hydrogens is 351 g/mol. The second-order valence-electron chi connectivity index (χ2n) is 5.57. The second-order valence-corrected chi connectivity index (χ2v) is 7.55. The molecular formula is C13H16F3N3O4S. The maximum Gasteiger partial charge on any atom is 0.416 e. The number of anilines is 1. The van der Waals surface area contributed by atoms with Crippen molar-refractivity contribution in [3.05, 3.63) is 33.9 Å². The van der Waals surface area contributed by atoms with E-state index in [0.29, 0.717) is 18.9 Å². The molecule has 11 heteroatoms. The van der Waals surface area contributed by atoms with Crippen molar-refractivity contribution in [3.8, 4) is 0 Å². The number of nitrogens with one attached hydrogen (secondary N) is 1. The number of hydrogen-bond donors (Lipinski definition) is 1. The van der Waals surface area contributed by atoms with Gasteiger partial charge >= 0.3 is 6.18 Å². The Hall–Kier alpha value is -1.88. The molecule has 1 aromatic carbocycles. The Balaban J connectivity index is 2.15. The maximum absolute atomic E-state index is 12.7. The predicted octanol–water partition coefficient (Wildman–Crippen LogP) is 2.45. The molecule has 24 heavy (non-hydrogen) atoms. The molecule has 0 aliphatic carbocycles. The topological polar surface area (TPSA) is 92.6 Å². The van der Waals surface area contributed by atoms with Gasteiger partial charge in [0.1, 0.15) is 5.69 Å². The average molecular weight is 367 g/mol. The van der Waals surface area contributed by atoms with Gasteiger partial charge in [-0.25, -0.2) is 12.7 Å². The molecule has 0 bridgehead atoms. The number of nitrogens with zero attached hydrogens (tertiary/aromatic N) is 2. The predicted molar refractivity (Wildman–Crippen MR) is 81.2 cm³/mol. The van der Waals surface area contributed by atoms with Gasteiger partial charge in [0.15, 0.2) is 0 Å². The number of hydrogen-bond acceptors (Lipinski definition) is 5. The lowest BCUT2D eigenvalue weighted by Gasteiger charge is -2.31. The summed E-state index contributed by atoms with van der Waals surface area (Å²) in [5.41, 5.74) is -1.76. The van der Waals surface area contributed by atoms with Gasteiger partial charge in [0.2, 0.25) is 10.0 Å². The zero-order chi connectivity index (χ0) is 18.1. The van der Waals surface area contributed by atoms with Crippen molar-refractivity contribution in [3.63, 3.8) is 0 Å². The zero-order valence-electron chi connectivity index (χ0n) is 12.7. The highest BCUT2D eigenvalue weighted by Crippen LogP contribution is 2.35. The minimum atomic E-state index is -4.66. The van der Waals surface area contributed by atoms with Crippen LogP contribution < -0.4 is 5.32 Å². The van der Waals surface area contributed by atoms with Crippen LogP contribution in [0.4, 0.5) is 24.5 Å². The fourth-order valence-corrected chi connectivity index (χ4v) is 3.41. The van der Waals surface area contributed by atoms with Crippen LogP contribution in [0.3, 0.4) is 0 Å². The molecule has 1 aliphatic heterocycles. The summed E-state index contributed by atoms with van der Waals surface area (Å²) in [5.74, 6) is 0. The Kier molecular flexibility index (Phi) is 5.04. The Morgan fingerprint density at radius 2 is 1.88 bits per heavy atom. The van der Waals surface area contributed by atoms with E-state index >= 15 is 0 Å². The van der Waals surface area contributed by atoms with Gasteiger partial charge in [-0.05, 0) is 25.0 Å². The molecule has 1 fully saturated rings. The highest BCUT2D eigenvalue weighted by Gasteiger charge is 2.33. The van der Waals surface area contributed by atoms with E-state index in [1.165, 1.54) is 4.31 Å². The Bertz CT molecular complexity index is 728. The highest BCUT2D eigenvalue weighted by atomic mass is 32.2. The van der Waals surface area contributed by atoms with Crippen LogP contribution in [0.15, 0.2) is 18.2 Å². The largest absolute Gasteiger partial charge is 0.416 e. The fraction of sp³-hybridized carbons (Fsp3) is 0.538. The van der Waals surface area contributed by atoms with Gasteiger partial charge < -0.3 is 5.32 Å². The van der Waals surface area contributed by atoms with Crippen LogP contribution >= 0.6 is 0 Å². The Morgan fingerprint density at radius 3 is 2.33 bits per heavy atom. The minimum absolute atomic E-state index is 0.00851. The van der Waals surface area contributed by atoms with E-state index in [9.17, 15) is 31.7 Å². The van der Waals surface area contributed by atoms with E-state index < -0.39 is 32.4 Å². The van der Waals surface area contributed by atoms with Crippen molar-refractivity contribution in [2.45, 2.75) is 25.1 Å². The number of rotatable bonds is 4. The normalized spacial score (nSPS) is 17.7. The van der Waals surface area contributed by atoms with Crippen LogP contribution in [-0.2, 0) is 16.2 Å². The van der Waals surface area contributed by atoms with Gasteiger partial charge in [-0.15, -0.1) is 0 Å². The standard InChI is InChI=1S/C13H16F3N3O4S/c1-24(22,23)18-6-4-10(5-7-18)17-11-3-2-9(13(14,15)16)8-12(11)19(20)21/h2-3,8,10,17H,4-7H2,1H3. The molecule has 0 amide bonds. The van der Waals surface area contributed by atoms with E-state index in [1.54, 1.807) is 0 Å². The van der Waals surface area contributed by atoms with E-state index in [-0.39, 0.29) is 24.8 Å². The molecule has 0 atom stereocenters. The van der Waals surface area contributed by atoms with Crippen LogP contribution in [0.25, 0.3) is 0 Å². The average Bonchev–Trinajstić information content (AvgIpc) is 2.46. The Morgan fingerprint density at radius 1 is 1.29 bits per heavy atom. The van der Waals surface area contributed by atoms with E-state index in [4.69, 9.17) is 0 Å². The molecule has 134 valence electrons. The van der Waals surface area contributed by atoms with E-state index in [2.05, 4.69) is 5.32 Å². The monoisotopic (exact) mass is 367 g/mol. The summed E-state index contributed by atoms with van der Waals surface area (Å²) in [6.45, 7) is 0.510. The summed E-state index contributed by atoms with van der Waals surface area (Å²) in [6, 6.07) is 2.05. The van der Waals surface area contributed by atoms with Crippen molar-refractivity contribution in [1.29, 1.82) is 0 Å². The van der Waals surface area contributed by atoms with Gasteiger partial charge in [0.25, 0.3) is 5.69 Å². The van der Waals surface area contributed by atoms with Crippen molar-refractivity contribution >= 4 is 21.4 Å². The van der Waals surface area contributed by atoms with Crippen LogP contribution in [-0.4, -0.2) is 43.0 Å². The molecule has 0 unspecified atom stereocenters. The van der Waals surface area contributed by atoms with Crippen LogP contribution in [0.2, 0.25) is 0 Å². The number of alkyl halides is 3. The van der Waals surface area contributed by atoms with Crippen LogP contribution in [0, 0.1) is 10.1 Å². The molecule has 0 aromatic heterocycles. The highest BCUT2D eigenvalue weighted by molar-refractivity contribution is 7.88.